The smallest absolute Gasteiger partial charge is 0.308 e. The first-order valence-corrected chi connectivity index (χ1v) is 5.25. The maximum absolute atomic E-state index is 11.6. The number of hydrogen-bond acceptors (Lipinski definition) is 3. The van der Waals surface area contributed by atoms with Gasteiger partial charge in [-0.3, -0.25) is 14.4 Å². The van der Waals surface area contributed by atoms with Crippen molar-refractivity contribution in [1.29, 1.82) is 0 Å². The molecular formula is C10H16N2O4. The molecule has 0 aromatic heterocycles. The number of hydrogen-bond donors (Lipinski definition) is 2. The van der Waals surface area contributed by atoms with E-state index in [0.717, 1.165) is 0 Å². The lowest BCUT2D eigenvalue weighted by Gasteiger charge is -2.30. The molecule has 16 heavy (non-hydrogen) atoms. The first kappa shape index (κ1) is 12.5. The van der Waals surface area contributed by atoms with E-state index in [4.69, 9.17) is 5.11 Å². The van der Waals surface area contributed by atoms with Crippen LogP contribution < -0.4 is 5.32 Å². The minimum absolute atomic E-state index is 0.0539. The maximum atomic E-state index is 11.6. The second kappa shape index (κ2) is 5.48. The SMILES string of the molecule is CC(=O)NCC(=O)N1CCC[C@H](C(=O)O)C1. The fourth-order valence-corrected chi connectivity index (χ4v) is 1.72. The standard InChI is InChI=1S/C10H16N2O4/c1-7(13)11-5-9(14)12-4-2-3-8(6-12)10(15)16/h8H,2-6H2,1H3,(H,11,13)(H,15,16)/t8-/m0/s1. The van der Waals surface area contributed by atoms with Gasteiger partial charge in [0.2, 0.25) is 11.8 Å². The summed E-state index contributed by atoms with van der Waals surface area (Å²) in [4.78, 5) is 34.5. The summed E-state index contributed by atoms with van der Waals surface area (Å²) in [6.45, 7) is 2.10. The Balaban J connectivity index is 2.43. The van der Waals surface area contributed by atoms with Gasteiger partial charge < -0.3 is 15.3 Å². The third kappa shape index (κ3) is 3.52. The number of nitrogens with zero attached hydrogens (tertiary/aromatic N) is 1. The maximum Gasteiger partial charge on any atom is 0.308 e. The van der Waals surface area contributed by atoms with E-state index in [-0.39, 0.29) is 24.9 Å². The van der Waals surface area contributed by atoms with Gasteiger partial charge in [-0.15, -0.1) is 0 Å². The summed E-state index contributed by atoms with van der Waals surface area (Å²) in [6.07, 6.45) is 1.31. The summed E-state index contributed by atoms with van der Waals surface area (Å²) in [5.74, 6) is -1.83. The Morgan fingerprint density at radius 3 is 2.69 bits per heavy atom. The first-order valence-electron chi connectivity index (χ1n) is 5.25. The van der Waals surface area contributed by atoms with E-state index in [2.05, 4.69) is 5.32 Å². The molecule has 1 heterocycles. The van der Waals surface area contributed by atoms with Crippen LogP contribution in [0.4, 0.5) is 0 Å². The summed E-state index contributed by atoms with van der Waals surface area (Å²) in [5.41, 5.74) is 0. The van der Waals surface area contributed by atoms with E-state index < -0.39 is 11.9 Å². The van der Waals surface area contributed by atoms with Gasteiger partial charge in [0.1, 0.15) is 0 Å². The number of aliphatic carboxylic acids is 1. The Morgan fingerprint density at radius 1 is 1.44 bits per heavy atom. The molecule has 2 N–H and O–H groups in total. The fourth-order valence-electron chi connectivity index (χ4n) is 1.72. The monoisotopic (exact) mass is 228 g/mol. The number of carbonyl (C=O) groups excluding carboxylic acids is 2. The Morgan fingerprint density at radius 2 is 2.12 bits per heavy atom. The first-order chi connectivity index (χ1) is 7.50. The molecule has 1 aliphatic heterocycles. The second-order valence-electron chi connectivity index (χ2n) is 3.93. The molecule has 0 spiro atoms. The molecule has 90 valence electrons. The van der Waals surface area contributed by atoms with Gasteiger partial charge in [-0.25, -0.2) is 0 Å². The summed E-state index contributed by atoms with van der Waals surface area (Å²) in [6, 6.07) is 0. The van der Waals surface area contributed by atoms with Crippen LogP contribution in [0.1, 0.15) is 19.8 Å². The van der Waals surface area contributed by atoms with Crippen molar-refractivity contribution < 1.29 is 19.5 Å². The molecule has 1 rings (SSSR count). The van der Waals surface area contributed by atoms with Gasteiger partial charge in [0.05, 0.1) is 12.5 Å². The van der Waals surface area contributed by atoms with Gasteiger partial charge in [0.25, 0.3) is 0 Å². The zero-order valence-corrected chi connectivity index (χ0v) is 9.23. The van der Waals surface area contributed by atoms with Crippen LogP contribution in [0.3, 0.4) is 0 Å². The van der Waals surface area contributed by atoms with E-state index in [1.54, 1.807) is 0 Å². The van der Waals surface area contributed by atoms with Gasteiger partial charge >= 0.3 is 5.97 Å². The molecule has 2 amide bonds. The van der Waals surface area contributed by atoms with Crippen LogP contribution in [0.15, 0.2) is 0 Å². The number of carboxylic acids is 1. The normalized spacial score (nSPS) is 20.3. The zero-order valence-electron chi connectivity index (χ0n) is 9.23. The predicted octanol–water partition coefficient (Wildman–Crippen LogP) is -0.554. The van der Waals surface area contributed by atoms with Crippen molar-refractivity contribution in [1.82, 2.24) is 10.2 Å². The number of carboxylic acid groups (broad SMARTS) is 1. The van der Waals surface area contributed by atoms with Crippen LogP contribution in [-0.2, 0) is 14.4 Å². The highest BCUT2D eigenvalue weighted by Crippen LogP contribution is 2.16. The average Bonchev–Trinajstić information content (AvgIpc) is 2.26. The Bertz CT molecular complexity index is 303. The number of carbonyl (C=O) groups is 3. The minimum atomic E-state index is -0.864. The molecule has 0 bridgehead atoms. The molecule has 0 radical (unpaired) electrons. The fraction of sp³-hybridized carbons (Fsp3) is 0.700. The minimum Gasteiger partial charge on any atom is -0.481 e. The Labute approximate surface area is 93.6 Å². The molecule has 6 nitrogen and oxygen atoms in total. The average molecular weight is 228 g/mol. The van der Waals surface area contributed by atoms with Crippen LogP contribution in [0.2, 0.25) is 0 Å². The summed E-state index contributed by atoms with van der Waals surface area (Å²) >= 11 is 0. The molecule has 0 aliphatic carbocycles. The zero-order chi connectivity index (χ0) is 12.1. The molecule has 0 aromatic carbocycles. The van der Waals surface area contributed by atoms with Gasteiger partial charge in [-0.2, -0.15) is 0 Å². The van der Waals surface area contributed by atoms with Crippen molar-refractivity contribution in [2.45, 2.75) is 19.8 Å². The number of nitrogens with one attached hydrogen (secondary N) is 1. The van der Waals surface area contributed by atoms with E-state index in [9.17, 15) is 14.4 Å². The van der Waals surface area contributed by atoms with Crippen molar-refractivity contribution in [3.8, 4) is 0 Å². The third-order valence-electron chi connectivity index (χ3n) is 2.61. The molecular weight excluding hydrogens is 212 g/mol. The lowest BCUT2D eigenvalue weighted by atomic mass is 9.98. The highest BCUT2D eigenvalue weighted by molar-refractivity contribution is 5.84. The van der Waals surface area contributed by atoms with Crippen molar-refractivity contribution in [3.05, 3.63) is 0 Å². The quantitative estimate of drug-likeness (QED) is 0.678. The van der Waals surface area contributed by atoms with Crippen LogP contribution in [0.25, 0.3) is 0 Å². The van der Waals surface area contributed by atoms with E-state index in [0.29, 0.717) is 19.4 Å². The molecule has 1 aliphatic rings. The summed E-state index contributed by atoms with van der Waals surface area (Å²) in [7, 11) is 0. The Kier molecular flexibility index (Phi) is 4.28. The molecule has 6 heteroatoms. The molecule has 0 saturated carbocycles. The highest BCUT2D eigenvalue weighted by Gasteiger charge is 2.27. The van der Waals surface area contributed by atoms with Crippen LogP contribution in [-0.4, -0.2) is 47.4 Å². The summed E-state index contributed by atoms with van der Waals surface area (Å²) < 4.78 is 0. The van der Waals surface area contributed by atoms with Crippen molar-refractivity contribution in [3.63, 3.8) is 0 Å². The number of amides is 2. The number of piperidine rings is 1. The molecule has 1 fully saturated rings. The number of likely N-dealkylation sites (tertiary alicyclic amines) is 1. The summed E-state index contributed by atoms with van der Waals surface area (Å²) in [5, 5.41) is 11.3. The van der Waals surface area contributed by atoms with E-state index >= 15 is 0 Å². The largest absolute Gasteiger partial charge is 0.481 e. The van der Waals surface area contributed by atoms with Gasteiger partial charge in [-0.05, 0) is 12.8 Å². The third-order valence-corrected chi connectivity index (χ3v) is 2.61. The highest BCUT2D eigenvalue weighted by atomic mass is 16.4. The molecule has 0 unspecified atom stereocenters. The lowest BCUT2D eigenvalue weighted by molar-refractivity contribution is -0.145. The van der Waals surface area contributed by atoms with Crippen LogP contribution >= 0.6 is 0 Å². The molecule has 1 atom stereocenters. The molecule has 0 aromatic rings. The van der Waals surface area contributed by atoms with E-state index in [1.807, 2.05) is 0 Å². The molecule has 1 saturated heterocycles. The Hall–Kier alpha value is -1.59. The van der Waals surface area contributed by atoms with E-state index in [1.165, 1.54) is 11.8 Å². The lowest BCUT2D eigenvalue weighted by Crippen LogP contribution is -2.46. The topological polar surface area (TPSA) is 86.7 Å². The second-order valence-corrected chi connectivity index (χ2v) is 3.93. The van der Waals surface area contributed by atoms with Gasteiger partial charge in [-0.1, -0.05) is 0 Å². The van der Waals surface area contributed by atoms with Crippen molar-refractivity contribution >= 4 is 17.8 Å². The van der Waals surface area contributed by atoms with Gasteiger partial charge in [0.15, 0.2) is 0 Å². The van der Waals surface area contributed by atoms with Crippen molar-refractivity contribution in [2.75, 3.05) is 19.6 Å². The van der Waals surface area contributed by atoms with Crippen molar-refractivity contribution in [2.24, 2.45) is 5.92 Å². The number of rotatable bonds is 3. The van der Waals surface area contributed by atoms with Crippen LogP contribution in [0, 0.1) is 5.92 Å². The van der Waals surface area contributed by atoms with Gasteiger partial charge in [0, 0.05) is 20.0 Å². The predicted molar refractivity (Wildman–Crippen MR) is 55.6 cm³/mol. The van der Waals surface area contributed by atoms with Crippen LogP contribution in [0.5, 0.6) is 0 Å².